The number of halogens is 1. The summed E-state index contributed by atoms with van der Waals surface area (Å²) in [5, 5.41) is 0.614. The van der Waals surface area contributed by atoms with Gasteiger partial charge in [0.1, 0.15) is 4.90 Å². The maximum Gasteiger partial charge on any atom is 0.264 e. The first-order valence-corrected chi connectivity index (χ1v) is 10.8. The first-order valence-electron chi connectivity index (χ1n) is 8.93. The van der Waals surface area contributed by atoms with Crippen LogP contribution < -0.4 is 4.31 Å². The number of sulfonamides is 1. The van der Waals surface area contributed by atoms with Crippen molar-refractivity contribution in [3.8, 4) is 0 Å². The molecule has 5 nitrogen and oxygen atoms in total. The van der Waals surface area contributed by atoms with E-state index in [1.807, 2.05) is 18.2 Å². The number of hydrogen-bond acceptors (Lipinski definition) is 3. The quantitative estimate of drug-likeness (QED) is 0.583. The molecule has 7 heteroatoms. The molecule has 0 saturated carbocycles. The van der Waals surface area contributed by atoms with Crippen molar-refractivity contribution < 1.29 is 13.2 Å². The van der Waals surface area contributed by atoms with E-state index in [2.05, 4.69) is 0 Å². The molecule has 1 amide bonds. The van der Waals surface area contributed by atoms with E-state index in [-0.39, 0.29) is 16.4 Å². The molecule has 3 aromatic rings. The lowest BCUT2D eigenvalue weighted by atomic mass is 10.1. The van der Waals surface area contributed by atoms with Gasteiger partial charge < -0.3 is 4.90 Å². The van der Waals surface area contributed by atoms with Crippen LogP contribution in [0, 0.1) is 0 Å². The van der Waals surface area contributed by atoms with Crippen LogP contribution in [0.4, 0.5) is 5.69 Å². The van der Waals surface area contributed by atoms with Crippen LogP contribution in [0.1, 0.15) is 15.9 Å². The van der Waals surface area contributed by atoms with Gasteiger partial charge in [-0.25, -0.2) is 8.42 Å². The van der Waals surface area contributed by atoms with Crippen molar-refractivity contribution in [1.29, 1.82) is 0 Å². The summed E-state index contributed by atoms with van der Waals surface area (Å²) in [6, 6.07) is 22.2. The molecule has 0 aliphatic heterocycles. The van der Waals surface area contributed by atoms with Gasteiger partial charge in [0.2, 0.25) is 0 Å². The highest BCUT2D eigenvalue weighted by Gasteiger charge is 2.28. The number of carbonyl (C=O) groups is 1. The second-order valence-corrected chi connectivity index (χ2v) is 8.97. The Morgan fingerprint density at radius 1 is 0.862 bits per heavy atom. The molecule has 0 bridgehead atoms. The van der Waals surface area contributed by atoms with Crippen LogP contribution in [0.25, 0.3) is 0 Å². The molecular weight excluding hydrogens is 408 g/mol. The molecule has 3 aromatic carbocycles. The lowest BCUT2D eigenvalue weighted by Gasteiger charge is -2.23. The van der Waals surface area contributed by atoms with E-state index < -0.39 is 10.0 Å². The lowest BCUT2D eigenvalue weighted by Crippen LogP contribution is -2.31. The van der Waals surface area contributed by atoms with Gasteiger partial charge in [0, 0.05) is 25.7 Å². The molecule has 29 heavy (non-hydrogen) atoms. The van der Waals surface area contributed by atoms with Crippen LogP contribution in [0.2, 0.25) is 5.02 Å². The van der Waals surface area contributed by atoms with E-state index >= 15 is 0 Å². The molecule has 0 fully saturated rings. The Hall–Kier alpha value is -2.83. The molecule has 0 N–H and O–H groups in total. The number of para-hydroxylation sites is 1. The Balaban J connectivity index is 1.91. The smallest absolute Gasteiger partial charge is 0.264 e. The molecule has 3 rings (SSSR count). The van der Waals surface area contributed by atoms with Crippen molar-refractivity contribution >= 4 is 33.2 Å². The summed E-state index contributed by atoms with van der Waals surface area (Å²) in [5.74, 6) is -0.374. The van der Waals surface area contributed by atoms with Crippen molar-refractivity contribution in [2.75, 3.05) is 18.4 Å². The van der Waals surface area contributed by atoms with E-state index in [0.717, 1.165) is 5.56 Å². The van der Waals surface area contributed by atoms with Gasteiger partial charge in [-0.3, -0.25) is 9.10 Å². The lowest BCUT2D eigenvalue weighted by molar-refractivity contribution is 0.0781. The van der Waals surface area contributed by atoms with Crippen LogP contribution in [0.5, 0.6) is 0 Å². The molecule has 0 aromatic heterocycles. The maximum atomic E-state index is 13.2. The topological polar surface area (TPSA) is 57.7 Å². The van der Waals surface area contributed by atoms with Crippen LogP contribution in [-0.2, 0) is 16.6 Å². The molecular formula is C22H21ClN2O3S. The van der Waals surface area contributed by atoms with E-state index in [1.54, 1.807) is 55.6 Å². The molecule has 0 radical (unpaired) electrons. The fraction of sp³-hybridized carbons (Fsp3) is 0.136. The summed E-state index contributed by atoms with van der Waals surface area (Å²) in [4.78, 5) is 14.5. The molecule has 0 aliphatic carbocycles. The van der Waals surface area contributed by atoms with Crippen LogP contribution >= 0.6 is 11.6 Å². The average Bonchev–Trinajstić information content (AvgIpc) is 2.74. The molecule has 0 spiro atoms. The number of benzene rings is 3. The molecule has 0 heterocycles. The highest BCUT2D eigenvalue weighted by molar-refractivity contribution is 7.92. The first-order chi connectivity index (χ1) is 13.8. The fourth-order valence-electron chi connectivity index (χ4n) is 2.93. The Kier molecular flexibility index (Phi) is 6.25. The maximum absolute atomic E-state index is 13.2. The Labute approximate surface area is 176 Å². The second kappa shape index (κ2) is 8.68. The predicted octanol–water partition coefficient (Wildman–Crippen LogP) is 4.44. The summed E-state index contributed by atoms with van der Waals surface area (Å²) in [7, 11) is -0.796. The second-order valence-electron chi connectivity index (χ2n) is 6.59. The van der Waals surface area contributed by atoms with Crippen LogP contribution in [0.15, 0.2) is 83.8 Å². The average molecular weight is 429 g/mol. The number of rotatable bonds is 6. The zero-order valence-electron chi connectivity index (χ0n) is 16.1. The normalized spacial score (nSPS) is 11.1. The standard InChI is InChI=1S/C22H21ClN2O3S/c1-24(16-17-12-14-18(23)15-13-17)22(26)20-10-6-7-11-21(20)29(27,28)25(2)19-8-4-3-5-9-19/h3-15H,16H2,1-2H3. The van der Waals surface area contributed by atoms with Gasteiger partial charge in [0.15, 0.2) is 0 Å². The van der Waals surface area contributed by atoms with Gasteiger partial charge in [0.05, 0.1) is 11.3 Å². The number of amides is 1. The Morgan fingerprint density at radius 2 is 1.45 bits per heavy atom. The predicted molar refractivity (Wildman–Crippen MR) is 116 cm³/mol. The van der Waals surface area contributed by atoms with E-state index in [4.69, 9.17) is 11.6 Å². The van der Waals surface area contributed by atoms with E-state index in [1.165, 1.54) is 28.4 Å². The van der Waals surface area contributed by atoms with Crippen molar-refractivity contribution in [3.05, 3.63) is 95.0 Å². The SMILES string of the molecule is CN(Cc1ccc(Cl)cc1)C(=O)c1ccccc1S(=O)(=O)N(C)c1ccccc1. The Bertz CT molecular complexity index is 1100. The van der Waals surface area contributed by atoms with E-state index in [0.29, 0.717) is 17.3 Å². The summed E-state index contributed by atoms with van der Waals surface area (Å²) in [5.41, 5.74) is 1.54. The summed E-state index contributed by atoms with van der Waals surface area (Å²) >= 11 is 5.91. The number of hydrogen-bond donors (Lipinski definition) is 0. The fourth-order valence-corrected chi connectivity index (χ4v) is 4.44. The largest absolute Gasteiger partial charge is 0.337 e. The zero-order chi connectivity index (χ0) is 21.0. The minimum atomic E-state index is -3.91. The minimum absolute atomic E-state index is 0.0284. The number of nitrogens with zero attached hydrogens (tertiary/aromatic N) is 2. The molecule has 0 aliphatic rings. The van der Waals surface area contributed by atoms with Gasteiger partial charge in [-0.2, -0.15) is 0 Å². The first kappa shape index (κ1) is 20.9. The van der Waals surface area contributed by atoms with E-state index in [9.17, 15) is 13.2 Å². The Morgan fingerprint density at radius 3 is 2.10 bits per heavy atom. The molecule has 150 valence electrons. The van der Waals surface area contributed by atoms with Gasteiger partial charge in [-0.1, -0.05) is 54.1 Å². The third-order valence-corrected chi connectivity index (χ3v) is 6.65. The number of carbonyl (C=O) groups excluding carboxylic acids is 1. The third-order valence-electron chi connectivity index (χ3n) is 4.56. The van der Waals surface area contributed by atoms with Gasteiger partial charge in [0.25, 0.3) is 15.9 Å². The zero-order valence-corrected chi connectivity index (χ0v) is 17.7. The summed E-state index contributed by atoms with van der Waals surface area (Å²) < 4.78 is 27.6. The van der Waals surface area contributed by atoms with Gasteiger partial charge in [-0.05, 0) is 42.0 Å². The third kappa shape index (κ3) is 4.60. The summed E-state index contributed by atoms with van der Waals surface area (Å²) in [6.07, 6.45) is 0. The van der Waals surface area contributed by atoms with Gasteiger partial charge >= 0.3 is 0 Å². The van der Waals surface area contributed by atoms with Crippen molar-refractivity contribution in [3.63, 3.8) is 0 Å². The van der Waals surface area contributed by atoms with Crippen molar-refractivity contribution in [2.45, 2.75) is 11.4 Å². The number of anilines is 1. The van der Waals surface area contributed by atoms with Crippen molar-refractivity contribution in [1.82, 2.24) is 4.90 Å². The highest BCUT2D eigenvalue weighted by atomic mass is 35.5. The summed E-state index contributed by atoms with van der Waals surface area (Å²) in [6.45, 7) is 0.332. The monoisotopic (exact) mass is 428 g/mol. The molecule has 0 atom stereocenters. The minimum Gasteiger partial charge on any atom is -0.337 e. The highest BCUT2D eigenvalue weighted by Crippen LogP contribution is 2.25. The van der Waals surface area contributed by atoms with Gasteiger partial charge in [-0.15, -0.1) is 0 Å². The molecule has 0 saturated heterocycles. The van der Waals surface area contributed by atoms with Crippen molar-refractivity contribution in [2.24, 2.45) is 0 Å². The molecule has 0 unspecified atom stereocenters. The van der Waals surface area contributed by atoms with Crippen LogP contribution in [0.3, 0.4) is 0 Å². The van der Waals surface area contributed by atoms with Crippen LogP contribution in [-0.4, -0.2) is 33.3 Å².